The lowest BCUT2D eigenvalue weighted by molar-refractivity contribution is 0.229. The zero-order chi connectivity index (χ0) is 18.4. The van der Waals surface area contributed by atoms with Gasteiger partial charge >= 0.3 is 7.60 Å². The fourth-order valence-electron chi connectivity index (χ4n) is 2.40. The van der Waals surface area contributed by atoms with E-state index in [-0.39, 0.29) is 18.6 Å². The van der Waals surface area contributed by atoms with Crippen molar-refractivity contribution in [2.75, 3.05) is 18.5 Å². The predicted molar refractivity (Wildman–Crippen MR) is 104 cm³/mol. The van der Waals surface area contributed by atoms with Crippen LogP contribution in [0.2, 0.25) is 0 Å². The molecule has 3 rings (SSSR count). The highest BCUT2D eigenvalue weighted by Crippen LogP contribution is 2.49. The fraction of sp³-hybridized carbons (Fsp3) is 0.278. The minimum atomic E-state index is -3.57. The molecule has 0 bridgehead atoms. The van der Waals surface area contributed by atoms with Gasteiger partial charge in [0.05, 0.1) is 18.1 Å². The van der Waals surface area contributed by atoms with E-state index in [0.29, 0.717) is 18.3 Å². The third-order valence-electron chi connectivity index (χ3n) is 3.49. The molecule has 0 spiro atoms. The van der Waals surface area contributed by atoms with Crippen molar-refractivity contribution < 1.29 is 18.0 Å². The van der Waals surface area contributed by atoms with Gasteiger partial charge in [-0.3, -0.25) is 4.57 Å². The fourth-order valence-corrected chi connectivity index (χ4v) is 4.63. The molecule has 2 aromatic heterocycles. The van der Waals surface area contributed by atoms with Gasteiger partial charge in [-0.25, -0.2) is 0 Å². The van der Waals surface area contributed by atoms with Crippen LogP contribution in [0.25, 0.3) is 10.8 Å². The van der Waals surface area contributed by atoms with Gasteiger partial charge in [-0.1, -0.05) is 36.4 Å². The highest BCUT2D eigenvalue weighted by atomic mass is 32.1. The minimum Gasteiger partial charge on any atom is -0.419 e. The van der Waals surface area contributed by atoms with E-state index in [2.05, 4.69) is 10.3 Å². The lowest BCUT2D eigenvalue weighted by Crippen LogP contribution is -2.16. The number of nitrogens with one attached hydrogen (secondary N) is 1. The standard InChI is InChI=1S/C18H21N2O4PS/c1-3-22-25(21,23-4-2)18-17(19-13-14-9-6-5-7-10-14)24-16(20-18)15-11-8-12-26-15/h5-12,19H,3-4,13H2,1-2H3. The first-order valence-electron chi connectivity index (χ1n) is 8.38. The zero-order valence-corrected chi connectivity index (χ0v) is 16.4. The maximum absolute atomic E-state index is 13.2. The van der Waals surface area contributed by atoms with Crippen molar-refractivity contribution in [3.8, 4) is 10.8 Å². The summed E-state index contributed by atoms with van der Waals surface area (Å²) < 4.78 is 30.0. The molecule has 26 heavy (non-hydrogen) atoms. The van der Waals surface area contributed by atoms with Crippen LogP contribution in [0, 0.1) is 0 Å². The van der Waals surface area contributed by atoms with E-state index in [9.17, 15) is 4.57 Å². The van der Waals surface area contributed by atoms with E-state index in [1.807, 2.05) is 47.8 Å². The van der Waals surface area contributed by atoms with Crippen molar-refractivity contribution in [2.24, 2.45) is 0 Å². The van der Waals surface area contributed by atoms with Crippen LogP contribution in [0.15, 0.2) is 52.3 Å². The van der Waals surface area contributed by atoms with Crippen LogP contribution < -0.4 is 10.8 Å². The molecule has 0 amide bonds. The number of rotatable bonds is 9. The van der Waals surface area contributed by atoms with Gasteiger partial charge in [0, 0.05) is 6.54 Å². The highest BCUT2D eigenvalue weighted by Gasteiger charge is 2.35. The molecule has 0 unspecified atom stereocenters. The number of nitrogens with zero attached hydrogens (tertiary/aromatic N) is 1. The van der Waals surface area contributed by atoms with Gasteiger partial charge in [0.2, 0.25) is 17.2 Å². The molecule has 0 atom stereocenters. The van der Waals surface area contributed by atoms with E-state index in [0.717, 1.165) is 10.4 Å². The highest BCUT2D eigenvalue weighted by molar-refractivity contribution is 7.62. The summed E-state index contributed by atoms with van der Waals surface area (Å²) in [6, 6.07) is 13.7. The van der Waals surface area contributed by atoms with Crippen LogP contribution in [0.1, 0.15) is 19.4 Å². The summed E-state index contributed by atoms with van der Waals surface area (Å²) in [5, 5.41) is 5.11. The molecule has 6 nitrogen and oxygen atoms in total. The Morgan fingerprint density at radius 3 is 2.46 bits per heavy atom. The SMILES string of the molecule is CCOP(=O)(OCC)c1nc(-c2cccs2)oc1NCc1ccccc1. The van der Waals surface area contributed by atoms with Crippen LogP contribution in [-0.2, 0) is 20.2 Å². The summed E-state index contributed by atoms with van der Waals surface area (Å²) >= 11 is 1.49. The summed E-state index contributed by atoms with van der Waals surface area (Å²) in [4.78, 5) is 5.29. The first-order chi connectivity index (χ1) is 12.7. The summed E-state index contributed by atoms with van der Waals surface area (Å²) in [5.41, 5.74) is 1.25. The average molecular weight is 392 g/mol. The van der Waals surface area contributed by atoms with Crippen LogP contribution in [0.4, 0.5) is 5.88 Å². The Labute approximate surface area is 156 Å². The van der Waals surface area contributed by atoms with E-state index in [4.69, 9.17) is 13.5 Å². The van der Waals surface area contributed by atoms with E-state index >= 15 is 0 Å². The van der Waals surface area contributed by atoms with E-state index < -0.39 is 7.60 Å². The molecule has 0 aliphatic heterocycles. The van der Waals surface area contributed by atoms with Crippen LogP contribution in [0.3, 0.4) is 0 Å². The second-order valence-corrected chi connectivity index (χ2v) is 8.20. The first kappa shape index (κ1) is 18.9. The number of anilines is 1. The summed E-state index contributed by atoms with van der Waals surface area (Å²) in [7, 11) is -3.57. The normalized spacial score (nSPS) is 11.6. The Morgan fingerprint density at radius 1 is 1.12 bits per heavy atom. The summed E-state index contributed by atoms with van der Waals surface area (Å²) in [5.74, 6) is 0.702. The van der Waals surface area contributed by atoms with Gasteiger partial charge < -0.3 is 18.8 Å². The number of aromatic nitrogens is 1. The molecule has 0 saturated heterocycles. The van der Waals surface area contributed by atoms with Crippen molar-refractivity contribution in [3.63, 3.8) is 0 Å². The first-order valence-corrected chi connectivity index (χ1v) is 10.8. The van der Waals surface area contributed by atoms with Crippen LogP contribution >= 0.6 is 18.9 Å². The van der Waals surface area contributed by atoms with E-state index in [1.165, 1.54) is 11.3 Å². The van der Waals surface area contributed by atoms with Gasteiger partial charge in [-0.2, -0.15) is 4.98 Å². The van der Waals surface area contributed by atoms with Crippen molar-refractivity contribution in [1.29, 1.82) is 0 Å². The molecule has 1 N–H and O–H groups in total. The molecular weight excluding hydrogens is 371 g/mol. The molecule has 0 saturated carbocycles. The van der Waals surface area contributed by atoms with Crippen molar-refractivity contribution in [3.05, 3.63) is 53.4 Å². The lowest BCUT2D eigenvalue weighted by atomic mass is 10.2. The maximum atomic E-state index is 13.2. The van der Waals surface area contributed by atoms with Crippen LogP contribution in [0.5, 0.6) is 0 Å². The Bertz CT molecular complexity index is 855. The Hall–Kier alpha value is -1.92. The molecule has 3 aromatic rings. The average Bonchev–Trinajstić information content (AvgIpc) is 3.31. The smallest absolute Gasteiger partial charge is 0.385 e. The van der Waals surface area contributed by atoms with Gasteiger partial charge in [0.1, 0.15) is 0 Å². The second kappa shape index (κ2) is 8.64. The largest absolute Gasteiger partial charge is 0.419 e. The zero-order valence-electron chi connectivity index (χ0n) is 14.7. The molecule has 0 fully saturated rings. The monoisotopic (exact) mass is 392 g/mol. The molecular formula is C18H21N2O4PS. The molecule has 0 aliphatic carbocycles. The number of thiophene rings is 1. The molecule has 1 aromatic carbocycles. The Morgan fingerprint density at radius 2 is 1.85 bits per heavy atom. The van der Waals surface area contributed by atoms with Crippen molar-refractivity contribution in [1.82, 2.24) is 4.98 Å². The molecule has 0 radical (unpaired) electrons. The molecule has 138 valence electrons. The molecule has 8 heteroatoms. The predicted octanol–water partition coefficient (Wildman–Crippen LogP) is 4.91. The third-order valence-corrected chi connectivity index (χ3v) is 6.37. The molecule has 2 heterocycles. The van der Waals surface area contributed by atoms with Crippen molar-refractivity contribution >= 4 is 30.3 Å². The molecule has 0 aliphatic rings. The summed E-state index contributed by atoms with van der Waals surface area (Å²) in [6.07, 6.45) is 0. The summed E-state index contributed by atoms with van der Waals surface area (Å²) in [6.45, 7) is 4.53. The lowest BCUT2D eigenvalue weighted by Gasteiger charge is -2.15. The third kappa shape index (κ3) is 4.24. The van der Waals surface area contributed by atoms with Gasteiger partial charge in [-0.05, 0) is 30.9 Å². The van der Waals surface area contributed by atoms with Gasteiger partial charge in [0.25, 0.3) is 0 Å². The number of hydrogen-bond acceptors (Lipinski definition) is 7. The quantitative estimate of drug-likeness (QED) is 0.522. The Balaban J connectivity index is 1.96. The van der Waals surface area contributed by atoms with Gasteiger partial charge in [-0.15, -0.1) is 11.3 Å². The number of hydrogen-bond donors (Lipinski definition) is 1. The second-order valence-electron chi connectivity index (χ2n) is 5.32. The van der Waals surface area contributed by atoms with Gasteiger partial charge in [0.15, 0.2) is 0 Å². The van der Waals surface area contributed by atoms with Crippen molar-refractivity contribution in [2.45, 2.75) is 20.4 Å². The maximum Gasteiger partial charge on any atom is 0.385 e. The minimum absolute atomic E-state index is 0.181. The Kier molecular flexibility index (Phi) is 6.27. The number of benzene rings is 1. The number of oxazole rings is 1. The van der Waals surface area contributed by atoms with E-state index in [1.54, 1.807) is 13.8 Å². The van der Waals surface area contributed by atoms with Crippen LogP contribution in [-0.4, -0.2) is 18.2 Å². The topological polar surface area (TPSA) is 73.6 Å².